The van der Waals surface area contributed by atoms with E-state index in [4.69, 9.17) is 17.3 Å². The molecule has 0 fully saturated rings. The molecule has 1 unspecified atom stereocenters. The number of rotatable bonds is 3. The van der Waals surface area contributed by atoms with Gasteiger partial charge in [0.2, 0.25) is 0 Å². The molecule has 0 amide bonds. The Hall–Kier alpha value is -0.910. The van der Waals surface area contributed by atoms with Gasteiger partial charge < -0.3 is 5.73 Å². The maximum Gasteiger partial charge on any atom is 0.0897 e. The van der Waals surface area contributed by atoms with Crippen LogP contribution in [0.2, 0.25) is 5.02 Å². The normalized spacial score (nSPS) is 12.6. The van der Waals surface area contributed by atoms with Crippen LogP contribution in [0.3, 0.4) is 0 Å². The summed E-state index contributed by atoms with van der Waals surface area (Å²) in [5, 5.41) is 3.35. The lowest BCUT2D eigenvalue weighted by Gasteiger charge is -2.04. The van der Waals surface area contributed by atoms with Crippen LogP contribution in [0.25, 0.3) is 0 Å². The molecule has 0 saturated heterocycles. The van der Waals surface area contributed by atoms with E-state index in [2.05, 4.69) is 4.98 Å². The van der Waals surface area contributed by atoms with Gasteiger partial charge in [-0.05, 0) is 25.1 Å². The van der Waals surface area contributed by atoms with Gasteiger partial charge in [0.1, 0.15) is 0 Å². The third-order valence-electron chi connectivity index (χ3n) is 2.15. The zero-order chi connectivity index (χ0) is 12.4. The molecule has 0 aliphatic rings. The molecule has 1 aromatic heterocycles. The minimum atomic E-state index is -1.21. The molecule has 1 heterocycles. The van der Waals surface area contributed by atoms with E-state index >= 15 is 0 Å². The second-order valence-electron chi connectivity index (χ2n) is 3.54. The van der Waals surface area contributed by atoms with Crippen molar-refractivity contribution in [3.8, 4) is 0 Å². The SMILES string of the molecule is Cc1nc(CS(=O)c2cc(N)ccc2Cl)cs1. The summed E-state index contributed by atoms with van der Waals surface area (Å²) in [6, 6.07) is 5.00. The van der Waals surface area contributed by atoms with E-state index in [1.54, 1.807) is 29.5 Å². The number of nitrogens with zero attached hydrogens (tertiary/aromatic N) is 1. The predicted octanol–water partition coefficient (Wildman–Crippen LogP) is 2.99. The first-order valence-corrected chi connectivity index (χ1v) is 7.48. The number of aryl methyl sites for hydroxylation is 1. The van der Waals surface area contributed by atoms with Gasteiger partial charge in [-0.25, -0.2) is 4.98 Å². The van der Waals surface area contributed by atoms with Crippen LogP contribution in [0.5, 0.6) is 0 Å². The fourth-order valence-electron chi connectivity index (χ4n) is 1.38. The van der Waals surface area contributed by atoms with E-state index < -0.39 is 10.8 Å². The summed E-state index contributed by atoms with van der Waals surface area (Å²) >= 11 is 7.54. The second-order valence-corrected chi connectivity index (χ2v) is 6.43. The fraction of sp³-hybridized carbons (Fsp3) is 0.182. The fourth-order valence-corrected chi connectivity index (χ4v) is 3.60. The first kappa shape index (κ1) is 12.5. The van der Waals surface area contributed by atoms with E-state index in [9.17, 15) is 4.21 Å². The van der Waals surface area contributed by atoms with Crippen LogP contribution in [0.15, 0.2) is 28.5 Å². The summed E-state index contributed by atoms with van der Waals surface area (Å²) in [5.41, 5.74) is 7.04. The van der Waals surface area contributed by atoms with Crippen LogP contribution in [-0.4, -0.2) is 9.19 Å². The standard InChI is InChI=1S/C11H11ClN2OS2/c1-7-14-9(5-16-7)6-17(15)11-4-8(13)2-3-10(11)12/h2-5H,6,13H2,1H3. The Morgan fingerprint density at radius 2 is 2.29 bits per heavy atom. The third kappa shape index (κ3) is 3.06. The Morgan fingerprint density at radius 1 is 1.53 bits per heavy atom. The highest BCUT2D eigenvalue weighted by Crippen LogP contribution is 2.24. The summed E-state index contributed by atoms with van der Waals surface area (Å²) in [6.45, 7) is 1.92. The van der Waals surface area contributed by atoms with Gasteiger partial charge in [-0.15, -0.1) is 11.3 Å². The van der Waals surface area contributed by atoms with Gasteiger partial charge in [-0.3, -0.25) is 4.21 Å². The highest BCUT2D eigenvalue weighted by Gasteiger charge is 2.11. The first-order chi connectivity index (χ1) is 8.06. The average Bonchev–Trinajstić information content (AvgIpc) is 2.67. The van der Waals surface area contributed by atoms with Gasteiger partial charge in [0.25, 0.3) is 0 Å². The molecular formula is C11H11ClN2OS2. The number of halogens is 1. The Bertz CT molecular complexity index is 568. The van der Waals surface area contributed by atoms with Crippen molar-refractivity contribution in [3.05, 3.63) is 39.3 Å². The number of anilines is 1. The van der Waals surface area contributed by atoms with E-state index in [1.807, 2.05) is 12.3 Å². The molecule has 0 saturated carbocycles. The molecule has 2 N–H and O–H groups in total. The molecule has 2 rings (SSSR count). The molecule has 1 atom stereocenters. The molecule has 6 heteroatoms. The maximum absolute atomic E-state index is 12.1. The van der Waals surface area contributed by atoms with Crippen LogP contribution in [-0.2, 0) is 16.6 Å². The van der Waals surface area contributed by atoms with Crippen molar-refractivity contribution in [2.24, 2.45) is 0 Å². The Kier molecular flexibility index (Phi) is 3.81. The lowest BCUT2D eigenvalue weighted by molar-refractivity contribution is 0.682. The number of nitrogen functional groups attached to an aromatic ring is 1. The van der Waals surface area contributed by atoms with Crippen LogP contribution in [0.4, 0.5) is 5.69 Å². The first-order valence-electron chi connectivity index (χ1n) is 4.90. The van der Waals surface area contributed by atoms with Crippen molar-refractivity contribution in [2.45, 2.75) is 17.6 Å². The largest absolute Gasteiger partial charge is 0.399 e. The van der Waals surface area contributed by atoms with Crippen molar-refractivity contribution in [2.75, 3.05) is 5.73 Å². The zero-order valence-electron chi connectivity index (χ0n) is 9.14. The number of hydrogen-bond donors (Lipinski definition) is 1. The summed E-state index contributed by atoms with van der Waals surface area (Å²) in [6.07, 6.45) is 0. The zero-order valence-corrected chi connectivity index (χ0v) is 11.5. The van der Waals surface area contributed by atoms with Crippen molar-refractivity contribution in [1.82, 2.24) is 4.98 Å². The molecule has 0 spiro atoms. The van der Waals surface area contributed by atoms with Crippen LogP contribution in [0.1, 0.15) is 10.7 Å². The molecule has 1 aromatic carbocycles. The molecule has 0 aliphatic carbocycles. The minimum absolute atomic E-state index is 0.369. The summed E-state index contributed by atoms with van der Waals surface area (Å²) < 4.78 is 12.1. The number of hydrogen-bond acceptors (Lipinski definition) is 4. The molecule has 3 nitrogen and oxygen atoms in total. The van der Waals surface area contributed by atoms with E-state index in [-0.39, 0.29) is 0 Å². The molecule has 17 heavy (non-hydrogen) atoms. The van der Waals surface area contributed by atoms with Gasteiger partial charge in [-0.1, -0.05) is 11.6 Å². The van der Waals surface area contributed by atoms with Crippen LogP contribution >= 0.6 is 22.9 Å². The molecule has 2 aromatic rings. The predicted molar refractivity (Wildman–Crippen MR) is 72.8 cm³/mol. The Balaban J connectivity index is 2.22. The Morgan fingerprint density at radius 3 is 2.94 bits per heavy atom. The van der Waals surface area contributed by atoms with Gasteiger partial charge in [0.15, 0.2) is 0 Å². The number of benzene rings is 1. The monoisotopic (exact) mass is 286 g/mol. The number of aromatic nitrogens is 1. The number of nitrogens with two attached hydrogens (primary N) is 1. The van der Waals surface area contributed by atoms with Gasteiger partial charge >= 0.3 is 0 Å². The lowest BCUT2D eigenvalue weighted by atomic mass is 10.3. The van der Waals surface area contributed by atoms with Crippen LogP contribution in [0, 0.1) is 6.92 Å². The highest BCUT2D eigenvalue weighted by molar-refractivity contribution is 7.84. The van der Waals surface area contributed by atoms with Crippen molar-refractivity contribution < 1.29 is 4.21 Å². The highest BCUT2D eigenvalue weighted by atomic mass is 35.5. The van der Waals surface area contributed by atoms with Crippen molar-refractivity contribution >= 4 is 39.4 Å². The van der Waals surface area contributed by atoms with E-state index in [1.165, 1.54) is 0 Å². The summed E-state index contributed by atoms with van der Waals surface area (Å²) in [7, 11) is -1.21. The molecule has 0 bridgehead atoms. The molecular weight excluding hydrogens is 276 g/mol. The third-order valence-corrected chi connectivity index (χ3v) is 4.80. The van der Waals surface area contributed by atoms with Crippen molar-refractivity contribution in [3.63, 3.8) is 0 Å². The van der Waals surface area contributed by atoms with Gasteiger partial charge in [0.05, 0.1) is 37.2 Å². The maximum atomic E-state index is 12.1. The van der Waals surface area contributed by atoms with Crippen molar-refractivity contribution in [1.29, 1.82) is 0 Å². The minimum Gasteiger partial charge on any atom is -0.399 e. The summed E-state index contributed by atoms with van der Waals surface area (Å²) in [4.78, 5) is 4.85. The van der Waals surface area contributed by atoms with E-state index in [0.29, 0.717) is 21.4 Å². The quantitative estimate of drug-likeness (QED) is 0.883. The number of thiazole rings is 1. The molecule has 90 valence electrons. The lowest BCUT2D eigenvalue weighted by Crippen LogP contribution is -1.99. The van der Waals surface area contributed by atoms with Gasteiger partial charge in [0, 0.05) is 11.1 Å². The smallest absolute Gasteiger partial charge is 0.0897 e. The molecule has 0 aliphatic heterocycles. The molecule has 0 radical (unpaired) electrons. The van der Waals surface area contributed by atoms with E-state index in [0.717, 1.165) is 10.7 Å². The topological polar surface area (TPSA) is 56.0 Å². The summed E-state index contributed by atoms with van der Waals surface area (Å²) in [5.74, 6) is 0.369. The second kappa shape index (κ2) is 5.16. The van der Waals surface area contributed by atoms with Crippen LogP contribution < -0.4 is 5.73 Å². The Labute approximate surface area is 111 Å². The average molecular weight is 287 g/mol. The van der Waals surface area contributed by atoms with Gasteiger partial charge in [-0.2, -0.15) is 0 Å².